The Morgan fingerprint density at radius 2 is 1.88 bits per heavy atom. The number of hydrogen-bond acceptors (Lipinski definition) is 3. The average Bonchev–Trinajstić information content (AvgIpc) is 3.05. The number of hydrogen-bond donors (Lipinski definition) is 0. The van der Waals surface area contributed by atoms with E-state index in [0.29, 0.717) is 17.9 Å². The SMILES string of the molecule is O=c1cc(/C=C/c2cccnc2)nc2ccn(Cc3ccccc3)n12. The zero-order valence-electron chi connectivity index (χ0n) is 13.5. The van der Waals surface area contributed by atoms with Crippen molar-refractivity contribution in [3.63, 3.8) is 0 Å². The van der Waals surface area contributed by atoms with Gasteiger partial charge in [-0.2, -0.15) is 4.52 Å². The van der Waals surface area contributed by atoms with Crippen LogP contribution in [0.25, 0.3) is 17.8 Å². The predicted octanol–water partition coefficient (Wildman–Crippen LogP) is 3.11. The molecule has 0 unspecified atom stereocenters. The number of pyridine rings is 1. The highest BCUT2D eigenvalue weighted by molar-refractivity contribution is 5.68. The maximum absolute atomic E-state index is 12.5. The Morgan fingerprint density at radius 3 is 2.68 bits per heavy atom. The van der Waals surface area contributed by atoms with E-state index >= 15 is 0 Å². The highest BCUT2D eigenvalue weighted by Crippen LogP contribution is 2.08. The van der Waals surface area contributed by atoms with Gasteiger partial charge in [0, 0.05) is 30.7 Å². The first-order chi connectivity index (χ1) is 12.3. The standard InChI is InChI=1S/C20H16N4O/c25-20-13-18(9-8-16-7-4-11-21-14-16)22-19-10-12-23(24(19)20)15-17-5-2-1-3-6-17/h1-14H,15H2/b9-8+. The summed E-state index contributed by atoms with van der Waals surface area (Å²) < 4.78 is 3.46. The number of nitrogens with zero attached hydrogens (tertiary/aromatic N) is 4. The van der Waals surface area contributed by atoms with Crippen LogP contribution in [0, 0.1) is 0 Å². The Bertz CT molecular complexity index is 1080. The van der Waals surface area contributed by atoms with E-state index in [4.69, 9.17) is 0 Å². The molecule has 4 rings (SSSR count). The highest BCUT2D eigenvalue weighted by Gasteiger charge is 2.06. The summed E-state index contributed by atoms with van der Waals surface area (Å²) in [5, 5.41) is 0. The van der Waals surface area contributed by atoms with E-state index in [1.165, 1.54) is 0 Å². The van der Waals surface area contributed by atoms with Crippen LogP contribution in [0.15, 0.2) is 78.0 Å². The quantitative estimate of drug-likeness (QED) is 0.578. The fourth-order valence-corrected chi connectivity index (χ4v) is 2.73. The maximum Gasteiger partial charge on any atom is 0.273 e. The Hall–Kier alpha value is -3.47. The van der Waals surface area contributed by atoms with Crippen molar-refractivity contribution in [2.45, 2.75) is 6.54 Å². The molecule has 0 atom stereocenters. The molecule has 25 heavy (non-hydrogen) atoms. The normalized spacial score (nSPS) is 11.4. The Morgan fingerprint density at radius 1 is 1.00 bits per heavy atom. The van der Waals surface area contributed by atoms with Gasteiger partial charge in [-0.3, -0.25) is 14.5 Å². The van der Waals surface area contributed by atoms with Crippen LogP contribution >= 0.6 is 0 Å². The summed E-state index contributed by atoms with van der Waals surface area (Å²) in [6, 6.07) is 17.2. The molecule has 122 valence electrons. The number of aromatic nitrogens is 4. The van der Waals surface area contributed by atoms with E-state index in [1.54, 1.807) is 23.0 Å². The summed E-state index contributed by atoms with van der Waals surface area (Å²) in [4.78, 5) is 21.2. The highest BCUT2D eigenvalue weighted by atomic mass is 16.1. The van der Waals surface area contributed by atoms with Gasteiger partial charge in [0.15, 0.2) is 5.65 Å². The van der Waals surface area contributed by atoms with Crippen LogP contribution in [-0.2, 0) is 6.54 Å². The Balaban J connectivity index is 1.67. The molecule has 0 spiro atoms. The predicted molar refractivity (Wildman–Crippen MR) is 98.2 cm³/mol. The lowest BCUT2D eigenvalue weighted by atomic mass is 10.2. The van der Waals surface area contributed by atoms with Gasteiger partial charge in [0.2, 0.25) is 0 Å². The van der Waals surface area contributed by atoms with Gasteiger partial charge in [-0.05, 0) is 23.3 Å². The van der Waals surface area contributed by atoms with Gasteiger partial charge in [-0.25, -0.2) is 4.98 Å². The molecule has 0 bridgehead atoms. The van der Waals surface area contributed by atoms with E-state index in [9.17, 15) is 4.79 Å². The first-order valence-corrected chi connectivity index (χ1v) is 8.01. The third-order valence-corrected chi connectivity index (χ3v) is 3.91. The molecule has 5 heteroatoms. The summed E-state index contributed by atoms with van der Waals surface area (Å²) in [6.45, 7) is 0.622. The molecule has 0 fully saturated rings. The smallest absolute Gasteiger partial charge is 0.273 e. The molecule has 0 amide bonds. The molecule has 0 N–H and O–H groups in total. The van der Waals surface area contributed by atoms with Crippen molar-refractivity contribution in [1.29, 1.82) is 0 Å². The molecule has 0 aliphatic carbocycles. The first kappa shape index (κ1) is 15.1. The lowest BCUT2D eigenvalue weighted by Crippen LogP contribution is -2.21. The van der Waals surface area contributed by atoms with Crippen LogP contribution in [0.2, 0.25) is 0 Å². The Labute approximate surface area is 144 Å². The topological polar surface area (TPSA) is 52.2 Å². The molecule has 4 aromatic rings. The second-order valence-corrected chi connectivity index (χ2v) is 5.71. The number of rotatable bonds is 4. The van der Waals surface area contributed by atoms with E-state index in [1.807, 2.05) is 71.6 Å². The lowest BCUT2D eigenvalue weighted by Gasteiger charge is -2.06. The van der Waals surface area contributed by atoms with Gasteiger partial charge in [0.25, 0.3) is 5.56 Å². The van der Waals surface area contributed by atoms with Gasteiger partial charge < -0.3 is 0 Å². The summed E-state index contributed by atoms with van der Waals surface area (Å²) in [5.74, 6) is 0. The molecule has 1 aromatic carbocycles. The van der Waals surface area contributed by atoms with E-state index in [2.05, 4.69) is 9.97 Å². The summed E-state index contributed by atoms with van der Waals surface area (Å²) in [5.41, 5.74) is 3.26. The fourth-order valence-electron chi connectivity index (χ4n) is 2.73. The van der Waals surface area contributed by atoms with Crippen molar-refractivity contribution < 1.29 is 0 Å². The van der Waals surface area contributed by atoms with Gasteiger partial charge in [0.1, 0.15) is 0 Å². The van der Waals surface area contributed by atoms with Crippen molar-refractivity contribution in [2.75, 3.05) is 0 Å². The van der Waals surface area contributed by atoms with E-state index in [-0.39, 0.29) is 5.56 Å². The molecule has 0 radical (unpaired) electrons. The monoisotopic (exact) mass is 328 g/mol. The molecule has 5 nitrogen and oxygen atoms in total. The van der Waals surface area contributed by atoms with Crippen molar-refractivity contribution in [1.82, 2.24) is 19.2 Å². The molecule has 0 saturated heterocycles. The van der Waals surface area contributed by atoms with Gasteiger partial charge >= 0.3 is 0 Å². The zero-order valence-corrected chi connectivity index (χ0v) is 13.5. The van der Waals surface area contributed by atoms with Crippen molar-refractivity contribution in [3.8, 4) is 0 Å². The van der Waals surface area contributed by atoms with Gasteiger partial charge in [-0.1, -0.05) is 42.5 Å². The zero-order chi connectivity index (χ0) is 17.1. The molecule has 0 aliphatic heterocycles. The molecule has 3 aromatic heterocycles. The van der Waals surface area contributed by atoms with E-state index < -0.39 is 0 Å². The minimum absolute atomic E-state index is 0.100. The minimum Gasteiger partial charge on any atom is -0.279 e. The van der Waals surface area contributed by atoms with Crippen LogP contribution in [0.1, 0.15) is 16.8 Å². The second-order valence-electron chi connectivity index (χ2n) is 5.71. The third-order valence-electron chi connectivity index (χ3n) is 3.91. The van der Waals surface area contributed by atoms with Crippen LogP contribution in [0.4, 0.5) is 0 Å². The van der Waals surface area contributed by atoms with Crippen LogP contribution in [0.3, 0.4) is 0 Å². The van der Waals surface area contributed by atoms with Gasteiger partial charge in [0.05, 0.1) is 12.2 Å². The largest absolute Gasteiger partial charge is 0.279 e. The van der Waals surface area contributed by atoms with Crippen molar-refractivity contribution in [3.05, 3.63) is 100 Å². The van der Waals surface area contributed by atoms with Crippen molar-refractivity contribution >= 4 is 17.8 Å². The van der Waals surface area contributed by atoms with Crippen LogP contribution < -0.4 is 5.56 Å². The van der Waals surface area contributed by atoms with E-state index in [0.717, 1.165) is 11.1 Å². The summed E-state index contributed by atoms with van der Waals surface area (Å²) >= 11 is 0. The summed E-state index contributed by atoms with van der Waals surface area (Å²) in [7, 11) is 0. The first-order valence-electron chi connectivity index (χ1n) is 8.01. The number of benzene rings is 1. The molecular weight excluding hydrogens is 312 g/mol. The lowest BCUT2D eigenvalue weighted by molar-refractivity contribution is 0.620. The number of fused-ring (bicyclic) bond motifs is 1. The summed E-state index contributed by atoms with van der Waals surface area (Å²) in [6.07, 6.45) is 9.09. The van der Waals surface area contributed by atoms with Crippen LogP contribution in [0.5, 0.6) is 0 Å². The molecule has 0 aliphatic rings. The minimum atomic E-state index is -0.100. The van der Waals surface area contributed by atoms with Crippen LogP contribution in [-0.4, -0.2) is 19.2 Å². The molecule has 0 saturated carbocycles. The third kappa shape index (κ3) is 3.26. The average molecular weight is 328 g/mol. The van der Waals surface area contributed by atoms with Crippen molar-refractivity contribution in [2.24, 2.45) is 0 Å². The molecule has 3 heterocycles. The Kier molecular flexibility index (Phi) is 3.96. The second kappa shape index (κ2) is 6.57. The molecular formula is C20H16N4O. The fraction of sp³-hybridized carbons (Fsp3) is 0.0500. The maximum atomic E-state index is 12.5. The van der Waals surface area contributed by atoms with Gasteiger partial charge in [-0.15, -0.1) is 0 Å².